The largest absolute Gasteiger partial charge is 0.381 e. The molecule has 0 aliphatic heterocycles. The van der Waals surface area contributed by atoms with E-state index in [2.05, 4.69) is 24.1 Å². The number of nitrogens with two attached hydrogens (primary N) is 1. The lowest BCUT2D eigenvalue weighted by Gasteiger charge is -2.08. The molecule has 0 radical (unpaired) electrons. The van der Waals surface area contributed by atoms with Crippen molar-refractivity contribution in [2.24, 2.45) is 5.92 Å². The van der Waals surface area contributed by atoms with Crippen molar-refractivity contribution in [2.45, 2.75) is 20.4 Å². The van der Waals surface area contributed by atoms with Crippen LogP contribution in [0.25, 0.3) is 0 Å². The van der Waals surface area contributed by atoms with E-state index >= 15 is 0 Å². The first-order valence-electron chi connectivity index (χ1n) is 4.71. The number of aromatic nitrogens is 1. The molecule has 0 aliphatic rings. The van der Waals surface area contributed by atoms with Crippen LogP contribution in [0.5, 0.6) is 0 Å². The number of nitrogens with one attached hydrogen (secondary N) is 1. The van der Waals surface area contributed by atoms with Crippen LogP contribution >= 0.6 is 0 Å². The van der Waals surface area contributed by atoms with Gasteiger partial charge in [-0.3, -0.25) is 0 Å². The van der Waals surface area contributed by atoms with Crippen LogP contribution < -0.4 is 11.1 Å². The van der Waals surface area contributed by atoms with Crippen LogP contribution in [-0.4, -0.2) is 11.5 Å². The molecule has 0 saturated heterocycles. The number of halogens is 1. The van der Waals surface area contributed by atoms with E-state index < -0.39 is 5.82 Å². The summed E-state index contributed by atoms with van der Waals surface area (Å²) in [4.78, 5) is 3.66. The zero-order chi connectivity index (χ0) is 10.6. The van der Waals surface area contributed by atoms with Crippen molar-refractivity contribution in [2.75, 3.05) is 12.3 Å². The highest BCUT2D eigenvalue weighted by atomic mass is 19.1. The van der Waals surface area contributed by atoms with Crippen LogP contribution in [0, 0.1) is 11.7 Å². The van der Waals surface area contributed by atoms with Gasteiger partial charge in [-0.25, -0.2) is 9.37 Å². The van der Waals surface area contributed by atoms with Gasteiger partial charge in [-0.15, -0.1) is 0 Å². The van der Waals surface area contributed by atoms with Crippen molar-refractivity contribution in [1.29, 1.82) is 0 Å². The van der Waals surface area contributed by atoms with Gasteiger partial charge in [-0.2, -0.15) is 0 Å². The molecule has 1 heterocycles. The average Bonchev–Trinajstić information content (AvgIpc) is 2.12. The number of pyridine rings is 1. The molecule has 0 saturated carbocycles. The van der Waals surface area contributed by atoms with Crippen molar-refractivity contribution in [1.82, 2.24) is 10.3 Å². The summed E-state index contributed by atoms with van der Waals surface area (Å²) in [7, 11) is 0. The van der Waals surface area contributed by atoms with Gasteiger partial charge in [0.05, 0.1) is 0 Å². The second-order valence-corrected chi connectivity index (χ2v) is 3.69. The SMILES string of the molecule is CC(C)CNCc1ccnc(N)c1F. The van der Waals surface area contributed by atoms with Gasteiger partial charge in [0.25, 0.3) is 0 Å². The van der Waals surface area contributed by atoms with Crippen LogP contribution in [0.15, 0.2) is 12.3 Å². The maximum absolute atomic E-state index is 13.3. The van der Waals surface area contributed by atoms with Crippen molar-refractivity contribution in [3.63, 3.8) is 0 Å². The van der Waals surface area contributed by atoms with Crippen molar-refractivity contribution in [3.05, 3.63) is 23.6 Å². The molecule has 1 aromatic heterocycles. The smallest absolute Gasteiger partial charge is 0.169 e. The highest BCUT2D eigenvalue weighted by molar-refractivity contribution is 5.34. The quantitative estimate of drug-likeness (QED) is 0.770. The molecular weight excluding hydrogens is 181 g/mol. The molecule has 0 aromatic carbocycles. The van der Waals surface area contributed by atoms with Gasteiger partial charge in [0, 0.05) is 18.3 Å². The van der Waals surface area contributed by atoms with Crippen LogP contribution in [0.2, 0.25) is 0 Å². The molecule has 0 unspecified atom stereocenters. The molecule has 0 spiro atoms. The van der Waals surface area contributed by atoms with Crippen LogP contribution in [0.3, 0.4) is 0 Å². The van der Waals surface area contributed by atoms with Gasteiger partial charge in [0.15, 0.2) is 11.6 Å². The van der Waals surface area contributed by atoms with E-state index in [1.807, 2.05) is 0 Å². The monoisotopic (exact) mass is 197 g/mol. The molecule has 14 heavy (non-hydrogen) atoms. The van der Waals surface area contributed by atoms with E-state index in [-0.39, 0.29) is 5.82 Å². The normalized spacial score (nSPS) is 10.9. The summed E-state index contributed by atoms with van der Waals surface area (Å²) in [6.07, 6.45) is 1.52. The van der Waals surface area contributed by atoms with E-state index in [9.17, 15) is 4.39 Å². The predicted octanol–water partition coefficient (Wildman–Crippen LogP) is 1.55. The number of nitrogens with zero attached hydrogens (tertiary/aromatic N) is 1. The molecule has 0 atom stereocenters. The summed E-state index contributed by atoms with van der Waals surface area (Å²) in [6.45, 7) is 5.56. The van der Waals surface area contributed by atoms with Crippen molar-refractivity contribution in [3.8, 4) is 0 Å². The minimum Gasteiger partial charge on any atom is -0.381 e. The van der Waals surface area contributed by atoms with E-state index in [1.165, 1.54) is 6.20 Å². The average molecular weight is 197 g/mol. The number of hydrogen-bond donors (Lipinski definition) is 2. The van der Waals surface area contributed by atoms with Gasteiger partial charge in [0.1, 0.15) is 0 Å². The third-order valence-corrected chi connectivity index (χ3v) is 1.86. The Bertz CT molecular complexity index is 299. The van der Waals surface area contributed by atoms with Gasteiger partial charge >= 0.3 is 0 Å². The Morgan fingerprint density at radius 1 is 1.57 bits per heavy atom. The summed E-state index contributed by atoms with van der Waals surface area (Å²) in [5.41, 5.74) is 5.91. The van der Waals surface area contributed by atoms with Crippen LogP contribution in [0.4, 0.5) is 10.2 Å². The summed E-state index contributed by atoms with van der Waals surface area (Å²) < 4.78 is 13.3. The molecule has 0 amide bonds. The summed E-state index contributed by atoms with van der Waals surface area (Å²) in [6, 6.07) is 1.64. The molecular formula is C10H16FN3. The Labute approximate surface area is 83.5 Å². The molecule has 4 heteroatoms. The number of rotatable bonds is 4. The highest BCUT2D eigenvalue weighted by Crippen LogP contribution is 2.11. The second kappa shape index (κ2) is 4.91. The second-order valence-electron chi connectivity index (χ2n) is 3.69. The van der Waals surface area contributed by atoms with E-state index in [1.54, 1.807) is 6.07 Å². The Hall–Kier alpha value is -1.16. The fraction of sp³-hybridized carbons (Fsp3) is 0.500. The van der Waals surface area contributed by atoms with Crippen molar-refractivity contribution < 1.29 is 4.39 Å². The van der Waals surface area contributed by atoms with Gasteiger partial charge in [-0.1, -0.05) is 13.8 Å². The standard InChI is InChI=1S/C10H16FN3/c1-7(2)5-13-6-8-3-4-14-10(12)9(8)11/h3-4,7,13H,5-6H2,1-2H3,(H2,12,14). The van der Waals surface area contributed by atoms with Crippen molar-refractivity contribution >= 4 is 5.82 Å². The number of anilines is 1. The molecule has 0 fully saturated rings. The van der Waals surface area contributed by atoms with E-state index in [0.29, 0.717) is 18.0 Å². The summed E-state index contributed by atoms with van der Waals surface area (Å²) in [5, 5.41) is 3.15. The first-order valence-corrected chi connectivity index (χ1v) is 4.71. The fourth-order valence-corrected chi connectivity index (χ4v) is 1.13. The highest BCUT2D eigenvalue weighted by Gasteiger charge is 2.05. The molecule has 0 bridgehead atoms. The van der Waals surface area contributed by atoms with Crippen LogP contribution in [-0.2, 0) is 6.54 Å². The molecule has 1 rings (SSSR count). The van der Waals surface area contributed by atoms with Gasteiger partial charge in [-0.05, 0) is 18.5 Å². The first-order chi connectivity index (χ1) is 6.61. The summed E-state index contributed by atoms with van der Waals surface area (Å²) in [5.74, 6) is 0.106. The Morgan fingerprint density at radius 3 is 2.93 bits per heavy atom. The molecule has 1 aromatic rings. The van der Waals surface area contributed by atoms with Gasteiger partial charge < -0.3 is 11.1 Å². The van der Waals surface area contributed by atoms with Gasteiger partial charge in [0.2, 0.25) is 0 Å². The zero-order valence-electron chi connectivity index (χ0n) is 8.55. The Kier molecular flexibility index (Phi) is 3.83. The fourth-order valence-electron chi connectivity index (χ4n) is 1.13. The minimum atomic E-state index is -0.413. The Morgan fingerprint density at radius 2 is 2.29 bits per heavy atom. The summed E-state index contributed by atoms with van der Waals surface area (Å²) >= 11 is 0. The lowest BCUT2D eigenvalue weighted by molar-refractivity contribution is 0.534. The van der Waals surface area contributed by atoms with Crippen LogP contribution in [0.1, 0.15) is 19.4 Å². The van der Waals surface area contributed by atoms with E-state index in [0.717, 1.165) is 6.54 Å². The predicted molar refractivity (Wildman–Crippen MR) is 55.2 cm³/mol. The molecule has 3 N–H and O–H groups in total. The maximum atomic E-state index is 13.3. The third kappa shape index (κ3) is 2.96. The molecule has 0 aliphatic carbocycles. The number of hydrogen-bond acceptors (Lipinski definition) is 3. The number of nitrogen functional groups attached to an aromatic ring is 1. The van der Waals surface area contributed by atoms with E-state index in [4.69, 9.17) is 5.73 Å². The Balaban J connectivity index is 2.54. The molecule has 78 valence electrons. The third-order valence-electron chi connectivity index (χ3n) is 1.86. The molecule has 3 nitrogen and oxygen atoms in total. The maximum Gasteiger partial charge on any atom is 0.169 e. The first kappa shape index (κ1) is 10.9. The lowest BCUT2D eigenvalue weighted by Crippen LogP contribution is -2.20. The zero-order valence-corrected chi connectivity index (χ0v) is 8.55. The topological polar surface area (TPSA) is 50.9 Å². The lowest BCUT2D eigenvalue weighted by atomic mass is 10.2. The minimum absolute atomic E-state index is 0.0335.